The number of hydrogen-bond donors (Lipinski definition) is 1. The fourth-order valence-electron chi connectivity index (χ4n) is 3.66. The van der Waals surface area contributed by atoms with E-state index >= 15 is 0 Å². The molecule has 7 nitrogen and oxygen atoms in total. The Bertz CT molecular complexity index is 1610. The summed E-state index contributed by atoms with van der Waals surface area (Å²) in [5.41, 5.74) is 1.42. The molecule has 0 saturated carbocycles. The van der Waals surface area contributed by atoms with Crippen LogP contribution in [0.15, 0.2) is 106 Å². The summed E-state index contributed by atoms with van der Waals surface area (Å²) in [5.74, 6) is 0.0155. The van der Waals surface area contributed by atoms with E-state index in [1.165, 1.54) is 22.5 Å². The van der Waals surface area contributed by atoms with Crippen LogP contribution >= 0.6 is 23.2 Å². The van der Waals surface area contributed by atoms with Gasteiger partial charge in [0.15, 0.2) is 0 Å². The Morgan fingerprint density at radius 1 is 0.872 bits per heavy atom. The number of hydrogen-bond acceptors (Lipinski definition) is 5. The molecule has 10 heteroatoms. The van der Waals surface area contributed by atoms with Gasteiger partial charge < -0.3 is 9.73 Å². The summed E-state index contributed by atoms with van der Waals surface area (Å²) in [7, 11) is -3.88. The second-order valence-corrected chi connectivity index (χ2v) is 11.3. The highest BCUT2D eigenvalue weighted by molar-refractivity contribution is 7.89. The fraction of sp³-hybridized carbons (Fsp3) is 0.103. The Morgan fingerprint density at radius 2 is 1.49 bits per heavy atom. The van der Waals surface area contributed by atoms with E-state index in [0.717, 1.165) is 11.1 Å². The third-order valence-electron chi connectivity index (χ3n) is 5.69. The minimum atomic E-state index is -3.88. The average Bonchev–Trinajstić information content (AvgIpc) is 3.39. The number of halogens is 2. The maximum absolute atomic E-state index is 13.5. The molecule has 0 saturated heterocycles. The van der Waals surface area contributed by atoms with Crippen LogP contribution in [-0.2, 0) is 34.5 Å². The summed E-state index contributed by atoms with van der Waals surface area (Å²) < 4.78 is 34.1. The minimum absolute atomic E-state index is 0.0711. The predicted octanol–water partition coefficient (Wildman–Crippen LogP) is 6.20. The molecule has 0 unspecified atom stereocenters. The second-order valence-electron chi connectivity index (χ2n) is 8.50. The summed E-state index contributed by atoms with van der Waals surface area (Å²) in [5, 5.41) is 13.3. The van der Waals surface area contributed by atoms with Crippen LogP contribution in [0.1, 0.15) is 22.6 Å². The first kappa shape index (κ1) is 28.1. The lowest BCUT2D eigenvalue weighted by atomic mass is 10.2. The summed E-state index contributed by atoms with van der Waals surface area (Å²) >= 11 is 11.9. The van der Waals surface area contributed by atoms with Gasteiger partial charge >= 0.3 is 0 Å². The van der Waals surface area contributed by atoms with E-state index in [1.54, 1.807) is 78.9 Å². The van der Waals surface area contributed by atoms with Gasteiger partial charge in [-0.05, 0) is 59.7 Å². The maximum Gasteiger partial charge on any atom is 0.262 e. The van der Waals surface area contributed by atoms with Crippen LogP contribution < -0.4 is 5.32 Å². The molecular weight excluding hydrogens is 557 g/mol. The van der Waals surface area contributed by atoms with Crippen molar-refractivity contribution in [2.45, 2.75) is 24.5 Å². The number of nitriles is 1. The highest BCUT2D eigenvalue weighted by Gasteiger charge is 2.26. The monoisotopic (exact) mass is 579 g/mol. The molecular formula is C29H23Cl2N3O4S. The Balaban J connectivity index is 1.52. The number of carbonyl (C=O) groups excluding carboxylic acids is 1. The largest absolute Gasteiger partial charge is 0.460 e. The molecule has 0 fully saturated rings. The van der Waals surface area contributed by atoms with Crippen LogP contribution in [-0.4, -0.2) is 18.6 Å². The van der Waals surface area contributed by atoms with E-state index in [4.69, 9.17) is 27.6 Å². The number of benzene rings is 3. The minimum Gasteiger partial charge on any atom is -0.460 e. The van der Waals surface area contributed by atoms with Gasteiger partial charge in [-0.2, -0.15) is 9.57 Å². The maximum atomic E-state index is 13.5. The van der Waals surface area contributed by atoms with Crippen molar-refractivity contribution in [3.8, 4) is 6.07 Å². The number of amides is 1. The van der Waals surface area contributed by atoms with Gasteiger partial charge in [0.25, 0.3) is 5.91 Å². The quantitative estimate of drug-likeness (QED) is 0.178. The number of nitrogens with one attached hydrogen (secondary N) is 1. The molecule has 3 aromatic carbocycles. The van der Waals surface area contributed by atoms with Gasteiger partial charge in [-0.25, -0.2) is 8.42 Å². The van der Waals surface area contributed by atoms with Gasteiger partial charge in [0.05, 0.1) is 11.4 Å². The molecule has 0 aliphatic rings. The first-order valence-corrected chi connectivity index (χ1v) is 14.0. The van der Waals surface area contributed by atoms with Crippen molar-refractivity contribution in [3.63, 3.8) is 0 Å². The van der Waals surface area contributed by atoms with E-state index in [0.29, 0.717) is 15.8 Å². The number of sulfonamides is 1. The predicted molar refractivity (Wildman–Crippen MR) is 150 cm³/mol. The van der Waals surface area contributed by atoms with Crippen LogP contribution in [0.3, 0.4) is 0 Å². The van der Waals surface area contributed by atoms with Crippen molar-refractivity contribution in [2.24, 2.45) is 0 Å². The van der Waals surface area contributed by atoms with Crippen LogP contribution in [0.25, 0.3) is 6.08 Å². The lowest BCUT2D eigenvalue weighted by molar-refractivity contribution is -0.117. The van der Waals surface area contributed by atoms with Crippen molar-refractivity contribution in [2.75, 3.05) is 0 Å². The number of furan rings is 1. The van der Waals surface area contributed by atoms with Crippen molar-refractivity contribution >= 4 is 45.2 Å². The lowest BCUT2D eigenvalue weighted by Crippen LogP contribution is -2.30. The van der Waals surface area contributed by atoms with Crippen molar-refractivity contribution in [1.29, 1.82) is 5.26 Å². The zero-order valence-electron chi connectivity index (χ0n) is 20.6. The second kappa shape index (κ2) is 12.8. The van der Waals surface area contributed by atoms with Gasteiger partial charge in [-0.3, -0.25) is 4.79 Å². The van der Waals surface area contributed by atoms with Crippen molar-refractivity contribution in [3.05, 3.63) is 129 Å². The molecule has 0 spiro atoms. The average molecular weight is 580 g/mol. The summed E-state index contributed by atoms with van der Waals surface area (Å²) in [4.78, 5) is 12.7. The summed E-state index contributed by atoms with van der Waals surface area (Å²) in [6.07, 6.45) is 1.32. The van der Waals surface area contributed by atoms with Gasteiger partial charge in [-0.15, -0.1) is 0 Å². The molecule has 198 valence electrons. The number of rotatable bonds is 10. The first-order valence-electron chi connectivity index (χ1n) is 11.8. The molecule has 1 aromatic heterocycles. The number of nitrogens with zero attached hydrogens (tertiary/aromatic N) is 2. The third kappa shape index (κ3) is 7.59. The molecule has 0 aliphatic carbocycles. The van der Waals surface area contributed by atoms with Crippen LogP contribution in [0.5, 0.6) is 0 Å². The van der Waals surface area contributed by atoms with Crippen molar-refractivity contribution < 1.29 is 17.6 Å². The van der Waals surface area contributed by atoms with E-state index in [-0.39, 0.29) is 35.9 Å². The molecule has 4 rings (SSSR count). The summed E-state index contributed by atoms with van der Waals surface area (Å²) in [6.45, 7) is 0.227. The SMILES string of the molecule is N#C/C(=C/c1ccc(CN(Cc2ccc(Cl)cc2)S(=O)(=O)c2ccccc2)o1)C(=O)NCc1ccc(Cl)cc1. The van der Waals surface area contributed by atoms with Crippen LogP contribution in [0, 0.1) is 11.3 Å². The normalized spacial score (nSPS) is 11.8. The van der Waals surface area contributed by atoms with E-state index in [9.17, 15) is 18.5 Å². The Morgan fingerprint density at radius 3 is 2.10 bits per heavy atom. The zero-order valence-corrected chi connectivity index (χ0v) is 22.9. The first-order chi connectivity index (χ1) is 18.7. The van der Waals surface area contributed by atoms with E-state index in [1.807, 2.05) is 6.07 Å². The molecule has 1 N–H and O–H groups in total. The van der Waals surface area contributed by atoms with Crippen LogP contribution in [0.4, 0.5) is 0 Å². The summed E-state index contributed by atoms with van der Waals surface area (Å²) in [6, 6.07) is 27.1. The molecule has 0 aliphatic heterocycles. The zero-order chi connectivity index (χ0) is 27.8. The third-order valence-corrected chi connectivity index (χ3v) is 8.00. The molecule has 0 bridgehead atoms. The molecule has 0 atom stereocenters. The lowest BCUT2D eigenvalue weighted by Gasteiger charge is -2.21. The molecule has 39 heavy (non-hydrogen) atoms. The highest BCUT2D eigenvalue weighted by atomic mass is 35.5. The number of carbonyl (C=O) groups is 1. The molecule has 0 radical (unpaired) electrons. The van der Waals surface area contributed by atoms with Gasteiger partial charge in [0, 0.05) is 29.2 Å². The highest BCUT2D eigenvalue weighted by Crippen LogP contribution is 2.23. The molecule has 1 amide bonds. The van der Waals surface area contributed by atoms with Gasteiger partial charge in [-0.1, -0.05) is 65.7 Å². The van der Waals surface area contributed by atoms with Gasteiger partial charge in [0.2, 0.25) is 10.0 Å². The van der Waals surface area contributed by atoms with E-state index in [2.05, 4.69) is 5.32 Å². The molecule has 4 aromatic rings. The Kier molecular flexibility index (Phi) is 9.23. The standard InChI is InChI=1S/C29H23Cl2N3O4S/c30-24-10-6-21(7-11-24)18-33-29(35)23(17-32)16-26-14-15-27(38-26)20-34(19-22-8-12-25(31)13-9-22)39(36,37)28-4-2-1-3-5-28/h1-16H,18-20H2,(H,33,35)/b23-16-. The Hall–Kier alpha value is -3.87. The van der Waals surface area contributed by atoms with Crippen LogP contribution in [0.2, 0.25) is 10.0 Å². The van der Waals surface area contributed by atoms with Crippen molar-refractivity contribution in [1.82, 2.24) is 9.62 Å². The molecule has 1 heterocycles. The Labute approximate surface area is 236 Å². The fourth-order valence-corrected chi connectivity index (χ4v) is 5.33. The van der Waals surface area contributed by atoms with E-state index < -0.39 is 15.9 Å². The van der Waals surface area contributed by atoms with Gasteiger partial charge in [0.1, 0.15) is 23.2 Å². The topological polar surface area (TPSA) is 103 Å². The smallest absolute Gasteiger partial charge is 0.262 e.